The van der Waals surface area contributed by atoms with Crippen molar-refractivity contribution in [3.8, 4) is 0 Å². The van der Waals surface area contributed by atoms with Gasteiger partial charge in [-0.3, -0.25) is 9.78 Å². The first-order chi connectivity index (χ1) is 9.22. The minimum Gasteiger partial charge on any atom is -0.467 e. The van der Waals surface area contributed by atoms with Gasteiger partial charge in [0.15, 0.2) is 0 Å². The van der Waals surface area contributed by atoms with Crippen LogP contribution in [0.25, 0.3) is 0 Å². The molecule has 0 N–H and O–H groups in total. The number of amides is 1. The molecule has 1 saturated heterocycles. The number of carbonyl (C=O) groups is 2. The van der Waals surface area contributed by atoms with Crippen LogP contribution in [0.2, 0.25) is 0 Å². The zero-order valence-corrected chi connectivity index (χ0v) is 11.0. The number of nitrogens with zero attached hydrogens (tertiary/aromatic N) is 2. The Kier molecular flexibility index (Phi) is 4.49. The maximum Gasteiger partial charge on any atom is 0.328 e. The summed E-state index contributed by atoms with van der Waals surface area (Å²) in [6, 6.07) is 3.24. The first-order valence-corrected chi connectivity index (χ1v) is 6.48. The second-order valence-corrected chi connectivity index (χ2v) is 4.66. The Balaban J connectivity index is 2.05. The van der Waals surface area contributed by atoms with Gasteiger partial charge < -0.3 is 9.64 Å². The van der Waals surface area contributed by atoms with E-state index < -0.39 is 6.04 Å². The third kappa shape index (κ3) is 3.30. The Morgan fingerprint density at radius 3 is 3.00 bits per heavy atom. The lowest BCUT2D eigenvalue weighted by atomic mass is 10.0. The van der Waals surface area contributed by atoms with Crippen molar-refractivity contribution in [2.24, 2.45) is 0 Å². The van der Waals surface area contributed by atoms with Gasteiger partial charge in [-0.25, -0.2) is 4.79 Å². The maximum atomic E-state index is 12.3. The van der Waals surface area contributed by atoms with Crippen LogP contribution in [0.5, 0.6) is 0 Å². The van der Waals surface area contributed by atoms with Crippen LogP contribution in [0.4, 0.5) is 0 Å². The SMILES string of the molecule is COC(=O)C1CCCCN1C(=O)Cc1cccnc1. The number of piperidine rings is 1. The average molecular weight is 262 g/mol. The fourth-order valence-corrected chi connectivity index (χ4v) is 2.39. The zero-order chi connectivity index (χ0) is 13.7. The molecule has 0 radical (unpaired) electrons. The predicted octanol–water partition coefficient (Wildman–Crippen LogP) is 1.18. The summed E-state index contributed by atoms with van der Waals surface area (Å²) in [5, 5.41) is 0. The van der Waals surface area contributed by atoms with E-state index in [1.54, 1.807) is 23.4 Å². The highest BCUT2D eigenvalue weighted by atomic mass is 16.5. The normalized spacial score (nSPS) is 19.0. The third-order valence-electron chi connectivity index (χ3n) is 3.37. The molecule has 0 aromatic carbocycles. The summed E-state index contributed by atoms with van der Waals surface area (Å²) in [4.78, 5) is 29.6. The molecular weight excluding hydrogens is 244 g/mol. The molecule has 102 valence electrons. The molecule has 1 unspecified atom stereocenters. The first-order valence-electron chi connectivity index (χ1n) is 6.48. The number of hydrogen-bond acceptors (Lipinski definition) is 4. The van der Waals surface area contributed by atoms with Crippen LogP contribution in [-0.4, -0.2) is 41.5 Å². The topological polar surface area (TPSA) is 59.5 Å². The van der Waals surface area contributed by atoms with Crippen molar-refractivity contribution in [3.05, 3.63) is 30.1 Å². The highest BCUT2D eigenvalue weighted by Gasteiger charge is 2.32. The van der Waals surface area contributed by atoms with Crippen LogP contribution in [-0.2, 0) is 20.7 Å². The van der Waals surface area contributed by atoms with Crippen LogP contribution >= 0.6 is 0 Å². The average Bonchev–Trinajstić information content (AvgIpc) is 2.47. The standard InChI is InChI=1S/C14H18N2O3/c1-19-14(18)12-6-2-3-8-16(12)13(17)9-11-5-4-7-15-10-11/h4-5,7,10,12H,2-3,6,8-9H2,1H3. The number of methoxy groups -OCH3 is 1. The van der Waals surface area contributed by atoms with Gasteiger partial charge in [0.1, 0.15) is 6.04 Å². The van der Waals surface area contributed by atoms with E-state index in [4.69, 9.17) is 4.74 Å². The Bertz CT molecular complexity index is 447. The van der Waals surface area contributed by atoms with Crippen LogP contribution in [0, 0.1) is 0 Å². The summed E-state index contributed by atoms with van der Waals surface area (Å²) in [5.41, 5.74) is 0.863. The number of esters is 1. The number of ether oxygens (including phenoxy) is 1. The number of carbonyl (C=O) groups excluding carboxylic acids is 2. The number of aromatic nitrogens is 1. The maximum absolute atomic E-state index is 12.3. The fourth-order valence-electron chi connectivity index (χ4n) is 2.39. The van der Waals surface area contributed by atoms with E-state index in [0.717, 1.165) is 18.4 Å². The van der Waals surface area contributed by atoms with Crippen LogP contribution < -0.4 is 0 Å². The molecule has 5 nitrogen and oxygen atoms in total. The van der Waals surface area contributed by atoms with E-state index in [0.29, 0.717) is 13.0 Å². The van der Waals surface area contributed by atoms with Crippen molar-refractivity contribution in [2.45, 2.75) is 31.7 Å². The molecule has 1 amide bonds. The van der Waals surface area contributed by atoms with Gasteiger partial charge in [-0.1, -0.05) is 6.07 Å². The van der Waals surface area contributed by atoms with Gasteiger partial charge in [-0.15, -0.1) is 0 Å². The van der Waals surface area contributed by atoms with Crippen molar-refractivity contribution < 1.29 is 14.3 Å². The number of hydrogen-bond donors (Lipinski definition) is 0. The largest absolute Gasteiger partial charge is 0.467 e. The molecule has 19 heavy (non-hydrogen) atoms. The second-order valence-electron chi connectivity index (χ2n) is 4.66. The molecule has 1 aliphatic heterocycles. The minimum atomic E-state index is -0.428. The highest BCUT2D eigenvalue weighted by molar-refractivity contribution is 5.85. The molecule has 0 saturated carbocycles. The highest BCUT2D eigenvalue weighted by Crippen LogP contribution is 2.19. The molecule has 0 aliphatic carbocycles. The number of rotatable bonds is 3. The van der Waals surface area contributed by atoms with Crippen LogP contribution in [0.3, 0.4) is 0 Å². The molecule has 2 heterocycles. The quantitative estimate of drug-likeness (QED) is 0.767. The summed E-state index contributed by atoms with van der Waals surface area (Å²) in [5.74, 6) is -0.359. The third-order valence-corrected chi connectivity index (χ3v) is 3.37. The van der Waals surface area contributed by atoms with Crippen molar-refractivity contribution in [1.82, 2.24) is 9.88 Å². The Labute approximate surface area is 112 Å². The van der Waals surface area contributed by atoms with Gasteiger partial charge >= 0.3 is 5.97 Å². The van der Waals surface area contributed by atoms with Crippen molar-refractivity contribution in [1.29, 1.82) is 0 Å². The summed E-state index contributed by atoms with van der Waals surface area (Å²) >= 11 is 0. The molecule has 1 aromatic heterocycles. The van der Waals surface area contributed by atoms with E-state index >= 15 is 0 Å². The van der Waals surface area contributed by atoms with Crippen molar-refractivity contribution in [2.75, 3.05) is 13.7 Å². The number of pyridine rings is 1. The van der Waals surface area contributed by atoms with Crippen LogP contribution in [0.15, 0.2) is 24.5 Å². The molecule has 0 spiro atoms. The molecule has 1 fully saturated rings. The molecule has 0 bridgehead atoms. The zero-order valence-electron chi connectivity index (χ0n) is 11.0. The Morgan fingerprint density at radius 2 is 2.32 bits per heavy atom. The summed E-state index contributed by atoms with van der Waals surface area (Å²) in [6.07, 6.45) is 6.20. The lowest BCUT2D eigenvalue weighted by Crippen LogP contribution is -2.49. The van der Waals surface area contributed by atoms with Gasteiger partial charge in [-0.2, -0.15) is 0 Å². The molecule has 1 aromatic rings. The lowest BCUT2D eigenvalue weighted by Gasteiger charge is -2.33. The Morgan fingerprint density at radius 1 is 1.47 bits per heavy atom. The van der Waals surface area contributed by atoms with Gasteiger partial charge in [0.25, 0.3) is 0 Å². The smallest absolute Gasteiger partial charge is 0.328 e. The van der Waals surface area contributed by atoms with Gasteiger partial charge in [-0.05, 0) is 30.9 Å². The second kappa shape index (κ2) is 6.31. The van der Waals surface area contributed by atoms with Crippen LogP contribution in [0.1, 0.15) is 24.8 Å². The van der Waals surface area contributed by atoms with Gasteiger partial charge in [0.2, 0.25) is 5.91 Å². The molecule has 5 heteroatoms. The fraction of sp³-hybridized carbons (Fsp3) is 0.500. The van der Waals surface area contributed by atoms with Crippen molar-refractivity contribution >= 4 is 11.9 Å². The van der Waals surface area contributed by atoms with Gasteiger partial charge in [0.05, 0.1) is 13.5 Å². The summed E-state index contributed by atoms with van der Waals surface area (Å²) in [7, 11) is 1.36. The van der Waals surface area contributed by atoms with E-state index in [1.165, 1.54) is 7.11 Å². The van der Waals surface area contributed by atoms with Crippen molar-refractivity contribution in [3.63, 3.8) is 0 Å². The van der Waals surface area contributed by atoms with E-state index in [1.807, 2.05) is 6.07 Å². The lowest BCUT2D eigenvalue weighted by molar-refractivity contribution is -0.154. The first kappa shape index (κ1) is 13.5. The molecule has 1 aliphatic rings. The van der Waals surface area contributed by atoms with E-state index in [9.17, 15) is 9.59 Å². The summed E-state index contributed by atoms with van der Waals surface area (Å²) < 4.78 is 4.78. The minimum absolute atomic E-state index is 0.0388. The summed E-state index contributed by atoms with van der Waals surface area (Å²) in [6.45, 7) is 0.624. The van der Waals surface area contributed by atoms with E-state index in [-0.39, 0.29) is 18.3 Å². The van der Waals surface area contributed by atoms with E-state index in [2.05, 4.69) is 4.98 Å². The molecule has 1 atom stereocenters. The molecular formula is C14H18N2O3. The Hall–Kier alpha value is -1.91. The number of likely N-dealkylation sites (tertiary alicyclic amines) is 1. The monoisotopic (exact) mass is 262 g/mol. The van der Waals surface area contributed by atoms with Gasteiger partial charge in [0, 0.05) is 18.9 Å². The predicted molar refractivity (Wildman–Crippen MR) is 69.3 cm³/mol. The molecule has 2 rings (SSSR count).